The molecule has 3 aliphatic heterocycles. The average molecular weight is 409 g/mol. The van der Waals surface area contributed by atoms with Crippen molar-refractivity contribution in [2.24, 2.45) is 5.92 Å². The molecule has 2 aromatic rings. The molecule has 4 heterocycles. The van der Waals surface area contributed by atoms with Crippen molar-refractivity contribution in [2.75, 3.05) is 39.1 Å². The van der Waals surface area contributed by atoms with E-state index < -0.39 is 0 Å². The number of pyridine rings is 1. The van der Waals surface area contributed by atoms with E-state index in [1.54, 1.807) is 20.4 Å². The fraction of sp³-hybridized carbons (Fsp3) is 0.474. The van der Waals surface area contributed by atoms with Gasteiger partial charge in [-0.1, -0.05) is 11.6 Å². The van der Waals surface area contributed by atoms with Gasteiger partial charge in [-0.15, -0.1) is 0 Å². The van der Waals surface area contributed by atoms with E-state index in [0.717, 1.165) is 17.3 Å². The molecule has 6 nitrogen and oxygen atoms in total. The highest BCUT2D eigenvalue weighted by molar-refractivity contribution is 7.80. The molecular formula is C19H25ClN4O2S. The zero-order valence-corrected chi connectivity index (χ0v) is 17.1. The SMILES string of the molecule is CNC(=S)Nc1cc2cc(Cl)c(OC)cc2cn1.OC1CN2CCC1CC2. The lowest BCUT2D eigenvalue weighted by Crippen LogP contribution is -2.50. The van der Waals surface area contributed by atoms with E-state index in [9.17, 15) is 5.11 Å². The van der Waals surface area contributed by atoms with Gasteiger partial charge >= 0.3 is 0 Å². The summed E-state index contributed by atoms with van der Waals surface area (Å²) in [6.07, 6.45) is 4.18. The number of halogens is 1. The zero-order valence-electron chi connectivity index (χ0n) is 15.5. The number of hydrogen-bond acceptors (Lipinski definition) is 5. The van der Waals surface area contributed by atoms with Crippen LogP contribution in [0, 0.1) is 5.92 Å². The number of aromatic nitrogens is 1. The maximum atomic E-state index is 9.36. The van der Waals surface area contributed by atoms with E-state index >= 15 is 0 Å². The molecule has 1 aromatic heterocycles. The molecule has 0 spiro atoms. The van der Waals surface area contributed by atoms with Crippen LogP contribution in [-0.4, -0.2) is 60.0 Å². The zero-order chi connectivity index (χ0) is 19.4. The molecule has 1 atom stereocenters. The predicted molar refractivity (Wildman–Crippen MR) is 114 cm³/mol. The normalized spacial score (nSPS) is 23.3. The lowest BCUT2D eigenvalue weighted by molar-refractivity contribution is -0.0227. The number of nitrogens with one attached hydrogen (secondary N) is 2. The summed E-state index contributed by atoms with van der Waals surface area (Å²) >= 11 is 11.1. The van der Waals surface area contributed by atoms with Crippen molar-refractivity contribution in [1.29, 1.82) is 0 Å². The maximum absolute atomic E-state index is 9.36. The van der Waals surface area contributed by atoms with Crippen LogP contribution >= 0.6 is 23.8 Å². The smallest absolute Gasteiger partial charge is 0.171 e. The third-order valence-corrected chi connectivity index (χ3v) is 5.68. The van der Waals surface area contributed by atoms with E-state index in [1.807, 2.05) is 18.2 Å². The van der Waals surface area contributed by atoms with Gasteiger partial charge in [0.15, 0.2) is 5.11 Å². The second-order valence-corrected chi connectivity index (χ2v) is 7.63. The lowest BCUT2D eigenvalue weighted by atomic mass is 9.86. The monoisotopic (exact) mass is 408 g/mol. The number of methoxy groups -OCH3 is 1. The first-order valence-corrected chi connectivity index (χ1v) is 9.81. The average Bonchev–Trinajstić information content (AvgIpc) is 2.68. The Morgan fingerprint density at radius 3 is 2.56 bits per heavy atom. The third kappa shape index (κ3) is 4.99. The summed E-state index contributed by atoms with van der Waals surface area (Å²) in [7, 11) is 3.33. The first-order valence-electron chi connectivity index (χ1n) is 9.02. The van der Waals surface area contributed by atoms with Gasteiger partial charge in [-0.3, -0.25) is 0 Å². The first-order chi connectivity index (χ1) is 13.0. The standard InChI is InChI=1S/C12H12ClN3OS.C7H13NO/c1-14-12(18)16-11-5-7-3-9(13)10(17-2)4-8(7)6-15-11;9-7-5-8-3-1-6(7)2-4-8/h3-6H,1-2H3,(H2,14,15,16,18);6-7,9H,1-5H2. The van der Waals surface area contributed by atoms with Crippen LogP contribution in [0.5, 0.6) is 5.75 Å². The molecule has 1 aromatic carbocycles. The number of fused-ring (bicyclic) bond motifs is 4. The number of piperidine rings is 3. The highest BCUT2D eigenvalue weighted by Crippen LogP contribution is 2.30. The number of aliphatic hydroxyl groups is 1. The van der Waals surface area contributed by atoms with Crippen molar-refractivity contribution in [3.8, 4) is 5.75 Å². The second-order valence-electron chi connectivity index (χ2n) is 6.81. The first kappa shape index (κ1) is 20.1. The topological polar surface area (TPSA) is 69.6 Å². The van der Waals surface area contributed by atoms with Crippen molar-refractivity contribution in [2.45, 2.75) is 18.9 Å². The summed E-state index contributed by atoms with van der Waals surface area (Å²) in [5.41, 5.74) is 0. The van der Waals surface area contributed by atoms with E-state index in [1.165, 1.54) is 25.9 Å². The Morgan fingerprint density at radius 1 is 1.30 bits per heavy atom. The summed E-state index contributed by atoms with van der Waals surface area (Å²) in [6, 6.07) is 5.57. The fourth-order valence-corrected chi connectivity index (χ4v) is 3.84. The van der Waals surface area contributed by atoms with Crippen LogP contribution in [-0.2, 0) is 0 Å². The summed E-state index contributed by atoms with van der Waals surface area (Å²) in [5.74, 6) is 1.94. The quantitative estimate of drug-likeness (QED) is 0.660. The molecular weight excluding hydrogens is 384 g/mol. The van der Waals surface area contributed by atoms with Gasteiger partial charge in [0.1, 0.15) is 11.6 Å². The number of anilines is 1. The largest absolute Gasteiger partial charge is 0.495 e. The van der Waals surface area contributed by atoms with Crippen LogP contribution in [0.3, 0.4) is 0 Å². The molecule has 3 aliphatic rings. The van der Waals surface area contributed by atoms with Crippen molar-refractivity contribution < 1.29 is 9.84 Å². The van der Waals surface area contributed by atoms with E-state index in [2.05, 4.69) is 20.5 Å². The number of aliphatic hydroxyl groups excluding tert-OH is 1. The lowest BCUT2D eigenvalue weighted by Gasteiger charge is -2.42. The van der Waals surface area contributed by atoms with Crippen LogP contribution in [0.1, 0.15) is 12.8 Å². The number of benzene rings is 1. The number of ether oxygens (including phenoxy) is 1. The summed E-state index contributed by atoms with van der Waals surface area (Å²) in [6.45, 7) is 3.38. The van der Waals surface area contributed by atoms with Crippen LogP contribution in [0.15, 0.2) is 24.4 Å². The van der Waals surface area contributed by atoms with Gasteiger partial charge in [-0.2, -0.15) is 0 Å². The minimum atomic E-state index is -0.00694. The molecule has 27 heavy (non-hydrogen) atoms. The van der Waals surface area contributed by atoms with Crippen LogP contribution in [0.25, 0.3) is 10.8 Å². The Kier molecular flexibility index (Phi) is 6.70. The summed E-state index contributed by atoms with van der Waals surface area (Å²) < 4.78 is 5.16. The van der Waals surface area contributed by atoms with Gasteiger partial charge in [0.2, 0.25) is 0 Å². The molecule has 3 N–H and O–H groups in total. The summed E-state index contributed by atoms with van der Waals surface area (Å²) in [4.78, 5) is 6.61. The van der Waals surface area contributed by atoms with E-state index in [0.29, 0.717) is 27.6 Å². The predicted octanol–water partition coefficient (Wildman–Crippen LogP) is 2.89. The molecule has 5 rings (SSSR count). The fourth-order valence-electron chi connectivity index (χ4n) is 3.48. The summed E-state index contributed by atoms with van der Waals surface area (Å²) in [5, 5.41) is 18.2. The molecule has 2 bridgehead atoms. The van der Waals surface area contributed by atoms with E-state index in [-0.39, 0.29) is 6.10 Å². The number of nitrogens with zero attached hydrogens (tertiary/aromatic N) is 2. The van der Waals surface area contributed by atoms with Crippen molar-refractivity contribution in [1.82, 2.24) is 15.2 Å². The molecule has 8 heteroatoms. The minimum Gasteiger partial charge on any atom is -0.495 e. The molecule has 3 saturated heterocycles. The van der Waals surface area contributed by atoms with Gasteiger partial charge in [0.25, 0.3) is 0 Å². The Bertz CT molecular complexity index is 812. The van der Waals surface area contributed by atoms with Crippen molar-refractivity contribution in [3.05, 3.63) is 29.4 Å². The number of hydrogen-bond donors (Lipinski definition) is 3. The molecule has 3 fully saturated rings. The van der Waals surface area contributed by atoms with Crippen molar-refractivity contribution >= 4 is 45.5 Å². The molecule has 146 valence electrons. The number of rotatable bonds is 2. The Morgan fingerprint density at radius 2 is 2.04 bits per heavy atom. The third-order valence-electron chi connectivity index (χ3n) is 5.08. The Labute approximate surface area is 169 Å². The Balaban J connectivity index is 0.000000193. The van der Waals surface area contributed by atoms with E-state index in [4.69, 9.17) is 28.6 Å². The maximum Gasteiger partial charge on any atom is 0.171 e. The van der Waals surface area contributed by atoms with Gasteiger partial charge in [0.05, 0.1) is 18.2 Å². The van der Waals surface area contributed by atoms with Gasteiger partial charge in [0, 0.05) is 25.2 Å². The second kappa shape index (κ2) is 9.01. The number of thiocarbonyl (C=S) groups is 1. The molecule has 1 unspecified atom stereocenters. The van der Waals surface area contributed by atoms with Crippen LogP contribution in [0.2, 0.25) is 5.02 Å². The van der Waals surface area contributed by atoms with Crippen molar-refractivity contribution in [3.63, 3.8) is 0 Å². The highest BCUT2D eigenvalue weighted by Gasteiger charge is 2.32. The molecule has 0 radical (unpaired) electrons. The van der Waals surface area contributed by atoms with Gasteiger partial charge in [-0.25, -0.2) is 4.98 Å². The minimum absolute atomic E-state index is 0.00694. The molecule has 0 amide bonds. The van der Waals surface area contributed by atoms with Crippen LogP contribution in [0.4, 0.5) is 5.82 Å². The highest BCUT2D eigenvalue weighted by atomic mass is 35.5. The Hall–Kier alpha value is -1.67. The molecule has 0 saturated carbocycles. The van der Waals surface area contributed by atoms with Gasteiger partial charge < -0.3 is 25.4 Å². The van der Waals surface area contributed by atoms with Gasteiger partial charge in [-0.05, 0) is 67.7 Å². The molecule has 0 aliphatic carbocycles. The van der Waals surface area contributed by atoms with Crippen LogP contribution < -0.4 is 15.4 Å².